The minimum Gasteiger partial charge on any atom is -0.490 e. The number of benzene rings is 3. The van der Waals surface area contributed by atoms with E-state index in [1.54, 1.807) is 48.9 Å². The zero-order chi connectivity index (χ0) is 36.0. The van der Waals surface area contributed by atoms with Crippen LogP contribution in [0.4, 0.5) is 5.69 Å². The predicted octanol–water partition coefficient (Wildman–Crippen LogP) is 5.20. The Balaban J connectivity index is 0.840. The lowest BCUT2D eigenvalue weighted by Crippen LogP contribution is -2.54. The van der Waals surface area contributed by atoms with Crippen molar-refractivity contribution in [2.45, 2.75) is 63.1 Å². The maximum absolute atomic E-state index is 13.2. The van der Waals surface area contributed by atoms with Crippen molar-refractivity contribution in [3.05, 3.63) is 120 Å². The number of hydrogen-bond donors (Lipinski definition) is 2. The fourth-order valence-electron chi connectivity index (χ4n) is 6.87. The van der Waals surface area contributed by atoms with Crippen molar-refractivity contribution >= 4 is 29.3 Å². The van der Waals surface area contributed by atoms with Crippen LogP contribution >= 0.6 is 0 Å². The van der Waals surface area contributed by atoms with Crippen molar-refractivity contribution in [2.24, 2.45) is 0 Å². The second-order valence-electron chi connectivity index (χ2n) is 13.7. The highest BCUT2D eigenvalue weighted by Crippen LogP contribution is 2.36. The van der Waals surface area contributed by atoms with E-state index in [4.69, 9.17) is 9.47 Å². The Morgan fingerprint density at radius 3 is 2.13 bits per heavy atom. The highest BCUT2D eigenvalue weighted by atomic mass is 16.5. The van der Waals surface area contributed by atoms with E-state index in [2.05, 4.69) is 63.9 Å². The topological polar surface area (TPSA) is 158 Å². The van der Waals surface area contributed by atoms with Crippen LogP contribution in [0, 0.1) is 0 Å². The first-order valence-corrected chi connectivity index (χ1v) is 17.1. The summed E-state index contributed by atoms with van der Waals surface area (Å²) in [7, 11) is 0. The molecule has 4 heterocycles. The molecule has 0 bridgehead atoms. The summed E-state index contributed by atoms with van der Waals surface area (Å²) >= 11 is 0. The number of nitrogens with one attached hydrogen (secondary N) is 2. The SMILES string of the molecule is CC(C)(c1ccc(Oc2ccnc(-n3nccn3)c2)cc1)c1ccc(OC2CC(Nc3ccc4c(c3)C(=O)N(C3CCC(=O)NC3=O)C4=O)C2)cc1. The van der Waals surface area contributed by atoms with E-state index >= 15 is 0 Å². The Morgan fingerprint density at radius 2 is 1.44 bits per heavy atom. The Bertz CT molecular complexity index is 2180. The Labute approximate surface area is 298 Å². The van der Waals surface area contributed by atoms with Crippen LogP contribution in [0.15, 0.2) is 97.5 Å². The number of nitrogens with zero attached hydrogens (tertiary/aromatic N) is 5. The van der Waals surface area contributed by atoms with Crippen LogP contribution in [0.25, 0.3) is 5.82 Å². The normalized spacial score (nSPS) is 19.9. The van der Waals surface area contributed by atoms with Crippen LogP contribution in [-0.4, -0.2) is 66.7 Å². The molecular weight excluding hydrogens is 662 g/mol. The monoisotopic (exact) mass is 697 g/mol. The molecule has 2 fully saturated rings. The number of piperidine rings is 1. The molecule has 4 amide bonds. The minimum absolute atomic E-state index is 0.0387. The molecule has 1 saturated heterocycles. The highest BCUT2D eigenvalue weighted by molar-refractivity contribution is 6.23. The Kier molecular flexibility index (Phi) is 8.25. The molecule has 1 aliphatic carbocycles. The Morgan fingerprint density at radius 1 is 0.769 bits per heavy atom. The van der Waals surface area contributed by atoms with Crippen LogP contribution in [0.3, 0.4) is 0 Å². The number of imide groups is 2. The van der Waals surface area contributed by atoms with Gasteiger partial charge in [-0.3, -0.25) is 29.4 Å². The van der Waals surface area contributed by atoms with E-state index in [1.807, 2.05) is 24.3 Å². The van der Waals surface area contributed by atoms with Gasteiger partial charge in [-0.05, 0) is 66.1 Å². The molecule has 5 aromatic rings. The molecule has 1 atom stereocenters. The second kappa shape index (κ2) is 13.1. The van der Waals surface area contributed by atoms with Crippen molar-refractivity contribution in [1.29, 1.82) is 0 Å². The first-order chi connectivity index (χ1) is 25.1. The number of anilines is 1. The molecule has 13 heteroatoms. The first-order valence-electron chi connectivity index (χ1n) is 17.1. The van der Waals surface area contributed by atoms with E-state index < -0.39 is 29.7 Å². The van der Waals surface area contributed by atoms with Crippen LogP contribution < -0.4 is 20.1 Å². The lowest BCUT2D eigenvalue weighted by atomic mass is 9.78. The molecule has 262 valence electrons. The van der Waals surface area contributed by atoms with Gasteiger partial charge in [0.2, 0.25) is 11.8 Å². The average molecular weight is 698 g/mol. The summed E-state index contributed by atoms with van der Waals surface area (Å²) in [6, 6.07) is 24.0. The molecule has 1 saturated carbocycles. The molecular formula is C39H35N7O6. The van der Waals surface area contributed by atoms with Gasteiger partial charge in [0.05, 0.1) is 23.5 Å². The van der Waals surface area contributed by atoms with Gasteiger partial charge >= 0.3 is 0 Å². The number of rotatable bonds is 10. The standard InChI is InChI=1S/C39H35N7O6/c1-39(2,23-3-8-27(9-4-23)51-29-15-16-40-34(22-29)46-41-17-18-42-46)24-5-10-28(11-6-24)52-30-19-26(20-30)43-25-7-12-31-32(21-25)38(50)45(37(31)49)33-13-14-35(47)44-36(33)48/h3-12,15-18,21-22,26,30,33,43H,13-14,19-20H2,1-2H3,(H,44,47,48). The van der Waals surface area contributed by atoms with Gasteiger partial charge in [0, 0.05) is 48.7 Å². The lowest BCUT2D eigenvalue weighted by molar-refractivity contribution is -0.136. The van der Waals surface area contributed by atoms with Crippen LogP contribution in [0.5, 0.6) is 17.2 Å². The van der Waals surface area contributed by atoms with Crippen LogP contribution in [0.2, 0.25) is 0 Å². The van der Waals surface area contributed by atoms with E-state index in [0.717, 1.165) is 34.6 Å². The molecule has 3 aromatic carbocycles. The van der Waals surface area contributed by atoms with Crippen molar-refractivity contribution in [2.75, 3.05) is 5.32 Å². The van der Waals surface area contributed by atoms with E-state index in [0.29, 0.717) is 23.0 Å². The van der Waals surface area contributed by atoms with Gasteiger partial charge in [0.15, 0.2) is 5.82 Å². The molecule has 0 radical (unpaired) electrons. The van der Waals surface area contributed by atoms with Gasteiger partial charge < -0.3 is 14.8 Å². The van der Waals surface area contributed by atoms with Crippen LogP contribution in [-0.2, 0) is 15.0 Å². The van der Waals surface area contributed by atoms with E-state index in [1.165, 1.54) is 4.80 Å². The Hall–Kier alpha value is -6.37. The summed E-state index contributed by atoms with van der Waals surface area (Å²) < 4.78 is 12.3. The number of pyridine rings is 1. The summed E-state index contributed by atoms with van der Waals surface area (Å²) in [6.45, 7) is 4.37. The number of fused-ring (bicyclic) bond motifs is 1. The predicted molar refractivity (Wildman–Crippen MR) is 188 cm³/mol. The molecule has 0 spiro atoms. The molecule has 13 nitrogen and oxygen atoms in total. The number of amides is 4. The smallest absolute Gasteiger partial charge is 0.262 e. The number of ether oxygens (including phenoxy) is 2. The average Bonchev–Trinajstić information content (AvgIpc) is 3.75. The van der Waals surface area contributed by atoms with Gasteiger partial charge in [-0.15, -0.1) is 4.80 Å². The third-order valence-electron chi connectivity index (χ3n) is 9.94. The highest BCUT2D eigenvalue weighted by Gasteiger charge is 2.45. The number of carbonyl (C=O) groups is 4. The fourth-order valence-corrected chi connectivity index (χ4v) is 6.87. The zero-order valence-corrected chi connectivity index (χ0v) is 28.5. The molecule has 1 unspecified atom stereocenters. The number of aromatic nitrogens is 4. The van der Waals surface area contributed by atoms with Crippen molar-refractivity contribution in [3.8, 4) is 23.1 Å². The van der Waals surface area contributed by atoms with Gasteiger partial charge in [0.1, 0.15) is 29.4 Å². The third-order valence-corrected chi connectivity index (χ3v) is 9.94. The second-order valence-corrected chi connectivity index (χ2v) is 13.7. The summed E-state index contributed by atoms with van der Waals surface area (Å²) in [6.07, 6.45) is 6.64. The third kappa shape index (κ3) is 6.25. The summed E-state index contributed by atoms with van der Waals surface area (Å²) in [5.41, 5.74) is 3.25. The quantitative estimate of drug-likeness (QED) is 0.186. The molecule has 3 aliphatic rings. The van der Waals surface area contributed by atoms with E-state index in [-0.39, 0.29) is 41.5 Å². The molecule has 2 aromatic heterocycles. The molecule has 52 heavy (non-hydrogen) atoms. The maximum Gasteiger partial charge on any atom is 0.262 e. The van der Waals surface area contributed by atoms with Gasteiger partial charge in [-0.2, -0.15) is 10.2 Å². The summed E-state index contributed by atoms with van der Waals surface area (Å²) in [5.74, 6) is 0.639. The van der Waals surface area contributed by atoms with Crippen molar-refractivity contribution < 1.29 is 28.7 Å². The fraction of sp³-hybridized carbons (Fsp3) is 0.256. The van der Waals surface area contributed by atoms with Crippen LogP contribution in [0.1, 0.15) is 71.4 Å². The van der Waals surface area contributed by atoms with Crippen molar-refractivity contribution in [1.82, 2.24) is 30.2 Å². The van der Waals surface area contributed by atoms with Crippen molar-refractivity contribution in [3.63, 3.8) is 0 Å². The summed E-state index contributed by atoms with van der Waals surface area (Å²) in [4.78, 5) is 56.8. The lowest BCUT2D eigenvalue weighted by Gasteiger charge is -2.36. The first kappa shape index (κ1) is 32.8. The molecule has 2 N–H and O–H groups in total. The minimum atomic E-state index is -0.988. The van der Waals surface area contributed by atoms with E-state index in [9.17, 15) is 19.2 Å². The molecule has 8 rings (SSSR count). The zero-order valence-electron chi connectivity index (χ0n) is 28.5. The number of carbonyl (C=O) groups excluding carboxylic acids is 4. The largest absolute Gasteiger partial charge is 0.490 e. The molecule has 2 aliphatic heterocycles. The maximum atomic E-state index is 13.2. The number of hydrogen-bond acceptors (Lipinski definition) is 10. The van der Waals surface area contributed by atoms with Gasteiger partial charge in [0.25, 0.3) is 11.8 Å². The summed E-state index contributed by atoms with van der Waals surface area (Å²) in [5, 5.41) is 13.9. The van der Waals surface area contributed by atoms with Gasteiger partial charge in [-0.1, -0.05) is 38.1 Å². The van der Waals surface area contributed by atoms with Gasteiger partial charge in [-0.25, -0.2) is 4.98 Å².